The minimum Gasteiger partial charge on any atom is -0.503 e. The van der Waals surface area contributed by atoms with Crippen molar-refractivity contribution in [2.24, 2.45) is 0 Å². The van der Waals surface area contributed by atoms with Crippen molar-refractivity contribution >= 4 is 45.2 Å². The summed E-state index contributed by atoms with van der Waals surface area (Å²) in [6, 6.07) is 11.6. The van der Waals surface area contributed by atoms with Crippen LogP contribution in [0.2, 0.25) is 5.02 Å². The van der Waals surface area contributed by atoms with Crippen LogP contribution >= 0.6 is 11.6 Å². The lowest BCUT2D eigenvalue weighted by atomic mass is 9.94. The first-order chi connectivity index (χ1) is 16.9. The third kappa shape index (κ3) is 3.84. The predicted octanol–water partition coefficient (Wildman–Crippen LogP) is 5.19. The number of furan rings is 1. The van der Waals surface area contributed by atoms with E-state index >= 15 is 0 Å². The number of carbonyl (C=O) groups excluding carboxylic acids is 2. The molecule has 8 nitrogen and oxygen atoms in total. The highest BCUT2D eigenvalue weighted by Gasteiger charge is 2.45. The number of rotatable bonds is 8. The van der Waals surface area contributed by atoms with E-state index in [2.05, 4.69) is 4.98 Å². The molecule has 5 rings (SSSR count). The fraction of sp³-hybridized carbons (Fsp3) is 0.231. The van der Waals surface area contributed by atoms with Gasteiger partial charge >= 0.3 is 0 Å². The molecule has 0 saturated carbocycles. The number of ketones is 1. The Bertz CT molecular complexity index is 1480. The number of halogens is 1. The molecule has 1 amide bonds. The molecule has 2 aromatic heterocycles. The number of amides is 1. The number of nitrogens with zero attached hydrogens (tertiary/aromatic N) is 1. The fourth-order valence-electron chi connectivity index (χ4n) is 4.62. The number of benzene rings is 2. The minimum atomic E-state index is -0.804. The zero-order valence-corrected chi connectivity index (χ0v) is 19.9. The summed E-state index contributed by atoms with van der Waals surface area (Å²) in [6.07, 6.45) is 2.30. The molecule has 1 unspecified atom stereocenters. The highest BCUT2D eigenvalue weighted by Crippen LogP contribution is 2.42. The van der Waals surface area contributed by atoms with E-state index < -0.39 is 23.5 Å². The van der Waals surface area contributed by atoms with E-state index in [1.807, 2.05) is 24.3 Å². The van der Waals surface area contributed by atoms with Gasteiger partial charge in [-0.2, -0.15) is 0 Å². The third-order valence-corrected chi connectivity index (χ3v) is 6.42. The number of para-hydroxylation sites is 1. The Balaban J connectivity index is 1.63. The summed E-state index contributed by atoms with van der Waals surface area (Å²) < 4.78 is 16.3. The molecule has 0 saturated heterocycles. The highest BCUT2D eigenvalue weighted by atomic mass is 35.5. The van der Waals surface area contributed by atoms with Crippen LogP contribution in [-0.4, -0.2) is 54.1 Å². The van der Waals surface area contributed by atoms with Crippen molar-refractivity contribution in [2.75, 3.05) is 27.4 Å². The topological polar surface area (TPSA) is 105 Å². The van der Waals surface area contributed by atoms with Gasteiger partial charge < -0.3 is 28.9 Å². The van der Waals surface area contributed by atoms with E-state index in [0.717, 1.165) is 10.9 Å². The average molecular weight is 495 g/mol. The largest absolute Gasteiger partial charge is 0.503 e. The third-order valence-electron chi connectivity index (χ3n) is 6.20. The zero-order chi connectivity index (χ0) is 24.7. The van der Waals surface area contributed by atoms with E-state index in [9.17, 15) is 14.7 Å². The molecule has 1 aliphatic heterocycles. The number of aliphatic hydroxyl groups is 1. The van der Waals surface area contributed by atoms with E-state index in [-0.39, 0.29) is 11.3 Å². The number of H-pyrrole nitrogens is 1. The number of hydrogen-bond donors (Lipinski definition) is 2. The molecule has 1 aliphatic rings. The molecule has 3 heterocycles. The first kappa shape index (κ1) is 23.0. The molecular formula is C26H23ClN2O6. The normalized spacial score (nSPS) is 16.1. The highest BCUT2D eigenvalue weighted by molar-refractivity contribution is 6.31. The van der Waals surface area contributed by atoms with E-state index in [1.54, 1.807) is 25.4 Å². The van der Waals surface area contributed by atoms with Gasteiger partial charge in [-0.25, -0.2) is 0 Å². The molecule has 0 aliphatic carbocycles. The van der Waals surface area contributed by atoms with Crippen LogP contribution in [-0.2, 0) is 9.53 Å². The molecule has 35 heavy (non-hydrogen) atoms. The summed E-state index contributed by atoms with van der Waals surface area (Å²) in [5.74, 6) is -1.44. The predicted molar refractivity (Wildman–Crippen MR) is 131 cm³/mol. The molecule has 2 N–H and O–H groups in total. The van der Waals surface area contributed by atoms with Gasteiger partial charge in [-0.05, 0) is 24.6 Å². The molecule has 9 heteroatoms. The first-order valence-corrected chi connectivity index (χ1v) is 11.4. The maximum Gasteiger partial charge on any atom is 0.290 e. The maximum absolute atomic E-state index is 13.8. The summed E-state index contributed by atoms with van der Waals surface area (Å²) in [5, 5.41) is 12.8. The quantitative estimate of drug-likeness (QED) is 0.258. The van der Waals surface area contributed by atoms with Crippen LogP contribution in [0.4, 0.5) is 0 Å². The van der Waals surface area contributed by atoms with Crippen molar-refractivity contribution in [3.8, 4) is 5.75 Å². The number of ether oxygens (including phenoxy) is 2. The van der Waals surface area contributed by atoms with Crippen molar-refractivity contribution in [1.29, 1.82) is 0 Å². The van der Waals surface area contributed by atoms with E-state index in [1.165, 1.54) is 18.1 Å². The van der Waals surface area contributed by atoms with E-state index in [4.69, 9.17) is 25.5 Å². The summed E-state index contributed by atoms with van der Waals surface area (Å²) in [6.45, 7) is 0.722. The number of hydrogen-bond acceptors (Lipinski definition) is 6. The SMILES string of the molecule is COCCCN1C(=O)C(O)=C(C(=O)c2cc3cc(Cl)cc(OC)c3o2)C1c1c[nH]c2ccccc12. The van der Waals surface area contributed by atoms with Gasteiger partial charge in [0.25, 0.3) is 5.91 Å². The van der Waals surface area contributed by atoms with E-state index in [0.29, 0.717) is 46.9 Å². The lowest BCUT2D eigenvalue weighted by molar-refractivity contribution is -0.129. The number of aromatic nitrogens is 1. The Hall–Kier alpha value is -3.75. The van der Waals surface area contributed by atoms with Crippen LogP contribution in [0.1, 0.15) is 28.6 Å². The summed E-state index contributed by atoms with van der Waals surface area (Å²) in [4.78, 5) is 31.6. The molecule has 0 bridgehead atoms. The maximum atomic E-state index is 13.8. The minimum absolute atomic E-state index is 0.0292. The first-order valence-electron chi connectivity index (χ1n) is 11.1. The van der Waals surface area contributed by atoms with Crippen molar-refractivity contribution in [3.63, 3.8) is 0 Å². The summed E-state index contributed by atoms with van der Waals surface area (Å²) in [7, 11) is 3.06. The standard InChI is InChI=1S/C26H23ClN2O6/c1-33-9-5-8-29-22(17-13-28-18-7-4-3-6-16(17)18)21(24(31)26(29)32)23(30)19-11-14-10-15(27)12-20(34-2)25(14)35-19/h3-4,6-7,10-13,22,28,31H,5,8-9H2,1-2H3. The van der Waals surface area contributed by atoms with Gasteiger partial charge in [0, 0.05) is 59.4 Å². The molecule has 0 radical (unpaired) electrons. The second-order valence-electron chi connectivity index (χ2n) is 8.27. The molecule has 0 spiro atoms. The van der Waals surface area contributed by atoms with Gasteiger partial charge in [-0.3, -0.25) is 9.59 Å². The van der Waals surface area contributed by atoms with Crippen LogP contribution in [0.3, 0.4) is 0 Å². The van der Waals surface area contributed by atoms with Gasteiger partial charge in [-0.15, -0.1) is 0 Å². The smallest absolute Gasteiger partial charge is 0.290 e. The van der Waals surface area contributed by atoms with Gasteiger partial charge in [0.1, 0.15) is 0 Å². The number of aliphatic hydroxyl groups excluding tert-OH is 1. The van der Waals surface area contributed by atoms with Gasteiger partial charge in [0.05, 0.1) is 18.7 Å². The molecule has 4 aromatic rings. The Kier molecular flexibility index (Phi) is 6.00. The lowest BCUT2D eigenvalue weighted by Gasteiger charge is -2.26. The molecule has 180 valence electrons. The Morgan fingerprint density at radius 2 is 2.03 bits per heavy atom. The lowest BCUT2D eigenvalue weighted by Crippen LogP contribution is -2.32. The van der Waals surface area contributed by atoms with Crippen molar-refractivity contribution in [1.82, 2.24) is 9.88 Å². The Morgan fingerprint density at radius 1 is 1.23 bits per heavy atom. The monoisotopic (exact) mass is 494 g/mol. The number of nitrogens with one attached hydrogen (secondary N) is 1. The van der Waals surface area contributed by atoms with Crippen molar-refractivity contribution in [3.05, 3.63) is 76.3 Å². The van der Waals surface area contributed by atoms with Crippen LogP contribution in [0.25, 0.3) is 21.9 Å². The molecule has 1 atom stereocenters. The summed E-state index contributed by atoms with van der Waals surface area (Å²) in [5.41, 5.74) is 1.87. The fourth-order valence-corrected chi connectivity index (χ4v) is 4.84. The average Bonchev–Trinajstić information content (AvgIpc) is 3.54. The number of Topliss-reactive ketones (excluding diaryl/α,β-unsaturated/α-hetero) is 1. The zero-order valence-electron chi connectivity index (χ0n) is 19.1. The number of fused-ring (bicyclic) bond motifs is 2. The Morgan fingerprint density at radius 3 is 2.80 bits per heavy atom. The van der Waals surface area contributed by atoms with Gasteiger partial charge in [0.2, 0.25) is 5.78 Å². The number of methoxy groups -OCH3 is 2. The van der Waals surface area contributed by atoms with Crippen LogP contribution in [0.15, 0.2) is 64.4 Å². The van der Waals surface area contributed by atoms with Crippen LogP contribution in [0.5, 0.6) is 5.75 Å². The second kappa shape index (κ2) is 9.13. The van der Waals surface area contributed by atoms with Crippen LogP contribution < -0.4 is 4.74 Å². The summed E-state index contributed by atoms with van der Waals surface area (Å²) >= 11 is 6.17. The second-order valence-corrected chi connectivity index (χ2v) is 8.70. The molecule has 2 aromatic carbocycles. The number of carbonyl (C=O) groups is 2. The molecule has 0 fully saturated rings. The van der Waals surface area contributed by atoms with Gasteiger partial charge in [-0.1, -0.05) is 29.8 Å². The van der Waals surface area contributed by atoms with Crippen molar-refractivity contribution < 1.29 is 28.6 Å². The van der Waals surface area contributed by atoms with Gasteiger partial charge in [0.15, 0.2) is 22.9 Å². The number of aromatic amines is 1. The molecular weight excluding hydrogens is 472 g/mol. The van der Waals surface area contributed by atoms with Crippen molar-refractivity contribution in [2.45, 2.75) is 12.5 Å². The van der Waals surface area contributed by atoms with Crippen LogP contribution in [0, 0.1) is 0 Å². The Labute approximate surface area is 205 Å².